The topological polar surface area (TPSA) is 90.4 Å². The lowest BCUT2D eigenvalue weighted by atomic mass is 9.90. The smallest absolute Gasteiger partial charge is 0.244 e. The second-order valence-corrected chi connectivity index (χ2v) is 5.96. The van der Waals surface area contributed by atoms with Crippen LogP contribution in [0.1, 0.15) is 24.3 Å². The number of nitrogens with two attached hydrogens (primary N) is 1. The third-order valence-corrected chi connectivity index (χ3v) is 4.23. The van der Waals surface area contributed by atoms with Crippen LogP contribution in [0.25, 0.3) is 11.5 Å². The van der Waals surface area contributed by atoms with Crippen LogP contribution in [0.15, 0.2) is 28.7 Å². The van der Waals surface area contributed by atoms with E-state index in [4.69, 9.17) is 14.9 Å². The molecule has 23 heavy (non-hydrogen) atoms. The number of amides is 1. The number of aromatic nitrogens is 1. The summed E-state index contributed by atoms with van der Waals surface area (Å²) in [6.07, 6.45) is 1.05. The first-order valence-corrected chi connectivity index (χ1v) is 7.70. The van der Waals surface area contributed by atoms with Crippen LogP contribution in [0, 0.1) is 13.8 Å². The van der Waals surface area contributed by atoms with Crippen molar-refractivity contribution in [3.63, 3.8) is 0 Å². The molecule has 1 aliphatic heterocycles. The van der Waals surface area contributed by atoms with Crippen molar-refractivity contribution in [2.75, 3.05) is 18.5 Å². The number of carbonyl (C=O) groups excluding carboxylic acids is 1. The Bertz CT molecular complexity index is 698. The van der Waals surface area contributed by atoms with Crippen molar-refractivity contribution in [3.05, 3.63) is 35.7 Å². The summed E-state index contributed by atoms with van der Waals surface area (Å²) in [5, 5.41) is 2.89. The first-order chi connectivity index (χ1) is 11.0. The minimum Gasteiger partial charge on any atom is -0.441 e. The Morgan fingerprint density at radius 2 is 2.04 bits per heavy atom. The third-order valence-electron chi connectivity index (χ3n) is 4.23. The summed E-state index contributed by atoms with van der Waals surface area (Å²) in [6.45, 7) is 4.80. The van der Waals surface area contributed by atoms with Gasteiger partial charge in [-0.1, -0.05) is 6.07 Å². The molecule has 1 aromatic heterocycles. The Hall–Kier alpha value is -2.18. The number of rotatable bonds is 3. The molecule has 2 aromatic rings. The van der Waals surface area contributed by atoms with Crippen molar-refractivity contribution in [2.45, 2.75) is 32.2 Å². The highest BCUT2D eigenvalue weighted by atomic mass is 16.5. The normalized spacial score (nSPS) is 17.0. The van der Waals surface area contributed by atoms with Crippen molar-refractivity contribution in [3.8, 4) is 11.5 Å². The molecular weight excluding hydrogens is 294 g/mol. The number of nitrogens with one attached hydrogen (secondary N) is 1. The summed E-state index contributed by atoms with van der Waals surface area (Å²) >= 11 is 0. The zero-order valence-electron chi connectivity index (χ0n) is 13.4. The van der Waals surface area contributed by atoms with E-state index in [1.54, 1.807) is 0 Å². The number of anilines is 1. The van der Waals surface area contributed by atoms with Gasteiger partial charge in [-0.3, -0.25) is 4.79 Å². The van der Waals surface area contributed by atoms with Crippen LogP contribution in [0.4, 0.5) is 5.69 Å². The van der Waals surface area contributed by atoms with Crippen molar-refractivity contribution in [1.29, 1.82) is 0 Å². The summed E-state index contributed by atoms with van der Waals surface area (Å²) in [5.74, 6) is 1.15. The molecule has 0 atom stereocenters. The number of oxazole rings is 1. The fourth-order valence-electron chi connectivity index (χ4n) is 2.54. The summed E-state index contributed by atoms with van der Waals surface area (Å²) in [5.41, 5.74) is 7.68. The van der Waals surface area contributed by atoms with Gasteiger partial charge in [-0.15, -0.1) is 0 Å². The highest BCUT2D eigenvalue weighted by Crippen LogP contribution is 2.25. The molecule has 1 aliphatic rings. The van der Waals surface area contributed by atoms with E-state index >= 15 is 0 Å². The molecule has 0 spiro atoms. The van der Waals surface area contributed by atoms with Gasteiger partial charge in [-0.25, -0.2) is 4.98 Å². The molecule has 0 saturated carbocycles. The molecule has 3 rings (SSSR count). The molecule has 1 aromatic carbocycles. The molecule has 0 bridgehead atoms. The van der Waals surface area contributed by atoms with Crippen molar-refractivity contribution >= 4 is 11.6 Å². The van der Waals surface area contributed by atoms with Gasteiger partial charge in [-0.05, 0) is 44.9 Å². The lowest BCUT2D eigenvalue weighted by Gasteiger charge is -2.31. The molecule has 122 valence electrons. The van der Waals surface area contributed by atoms with E-state index in [1.165, 1.54) is 0 Å². The summed E-state index contributed by atoms with van der Waals surface area (Å²) in [7, 11) is 0. The first kappa shape index (κ1) is 15.7. The van der Waals surface area contributed by atoms with Crippen LogP contribution in [0.2, 0.25) is 0 Å². The second kappa shape index (κ2) is 6.14. The van der Waals surface area contributed by atoms with E-state index in [9.17, 15) is 4.79 Å². The van der Waals surface area contributed by atoms with Gasteiger partial charge in [-0.2, -0.15) is 0 Å². The second-order valence-electron chi connectivity index (χ2n) is 5.96. The monoisotopic (exact) mass is 315 g/mol. The van der Waals surface area contributed by atoms with Gasteiger partial charge in [0, 0.05) is 24.5 Å². The Balaban J connectivity index is 1.78. The van der Waals surface area contributed by atoms with E-state index in [0.29, 0.717) is 37.6 Å². The van der Waals surface area contributed by atoms with Crippen LogP contribution in [0.5, 0.6) is 0 Å². The lowest BCUT2D eigenvalue weighted by Crippen LogP contribution is -2.54. The molecule has 0 radical (unpaired) electrons. The van der Waals surface area contributed by atoms with Crippen LogP contribution >= 0.6 is 0 Å². The molecular formula is C17H21N3O3. The summed E-state index contributed by atoms with van der Waals surface area (Å²) in [6, 6.07) is 7.41. The molecule has 0 aliphatic carbocycles. The number of hydrogen-bond donors (Lipinski definition) is 2. The number of aryl methyl sites for hydroxylation is 2. The van der Waals surface area contributed by atoms with Crippen molar-refractivity contribution in [2.24, 2.45) is 5.73 Å². The summed E-state index contributed by atoms with van der Waals surface area (Å²) in [4.78, 5) is 16.8. The Morgan fingerprint density at radius 1 is 1.30 bits per heavy atom. The number of ether oxygens (including phenoxy) is 1. The van der Waals surface area contributed by atoms with E-state index < -0.39 is 5.54 Å². The van der Waals surface area contributed by atoms with Crippen molar-refractivity contribution in [1.82, 2.24) is 4.98 Å². The number of benzene rings is 1. The van der Waals surface area contributed by atoms with E-state index in [0.717, 1.165) is 17.0 Å². The zero-order valence-corrected chi connectivity index (χ0v) is 13.4. The maximum absolute atomic E-state index is 12.5. The minimum atomic E-state index is -0.871. The van der Waals surface area contributed by atoms with Crippen LogP contribution in [0.3, 0.4) is 0 Å². The highest BCUT2D eigenvalue weighted by molar-refractivity contribution is 5.98. The largest absolute Gasteiger partial charge is 0.441 e. The predicted octanol–water partition coefficient (Wildman–Crippen LogP) is 2.40. The van der Waals surface area contributed by atoms with Gasteiger partial charge in [0.1, 0.15) is 11.3 Å². The summed E-state index contributed by atoms with van der Waals surface area (Å²) < 4.78 is 10.9. The lowest BCUT2D eigenvalue weighted by molar-refractivity contribution is -0.124. The average molecular weight is 315 g/mol. The molecule has 3 N–H and O–H groups in total. The Labute approximate surface area is 135 Å². The molecule has 2 heterocycles. The zero-order chi connectivity index (χ0) is 16.4. The third kappa shape index (κ3) is 3.28. The van der Waals surface area contributed by atoms with Crippen molar-refractivity contribution < 1.29 is 13.9 Å². The number of nitrogens with zero attached hydrogens (tertiary/aromatic N) is 1. The SMILES string of the molecule is Cc1nc(-c2cccc(NC(=O)C3(N)CCOCC3)c2)oc1C. The molecule has 1 amide bonds. The van der Waals surface area contributed by atoms with E-state index in [2.05, 4.69) is 10.3 Å². The van der Waals surface area contributed by atoms with Crippen LogP contribution in [-0.2, 0) is 9.53 Å². The fraction of sp³-hybridized carbons (Fsp3) is 0.412. The first-order valence-electron chi connectivity index (χ1n) is 7.70. The molecule has 6 heteroatoms. The van der Waals surface area contributed by atoms with Gasteiger partial charge >= 0.3 is 0 Å². The Kier molecular flexibility index (Phi) is 4.19. The van der Waals surface area contributed by atoms with Crippen LogP contribution < -0.4 is 11.1 Å². The molecule has 1 fully saturated rings. The molecule has 1 saturated heterocycles. The van der Waals surface area contributed by atoms with Gasteiger partial charge < -0.3 is 20.2 Å². The molecule has 0 unspecified atom stereocenters. The van der Waals surface area contributed by atoms with Gasteiger partial charge in [0.15, 0.2) is 0 Å². The van der Waals surface area contributed by atoms with E-state index in [-0.39, 0.29) is 5.91 Å². The molecule has 6 nitrogen and oxygen atoms in total. The highest BCUT2D eigenvalue weighted by Gasteiger charge is 2.35. The van der Waals surface area contributed by atoms with Crippen LogP contribution in [-0.4, -0.2) is 29.6 Å². The number of carbonyl (C=O) groups is 1. The van der Waals surface area contributed by atoms with Gasteiger partial charge in [0.25, 0.3) is 0 Å². The van der Waals surface area contributed by atoms with Gasteiger partial charge in [0.05, 0.1) is 5.69 Å². The predicted molar refractivity (Wildman–Crippen MR) is 87.0 cm³/mol. The standard InChI is InChI=1S/C17H21N3O3/c1-11-12(2)23-15(19-11)13-4-3-5-14(10-13)20-16(21)17(18)6-8-22-9-7-17/h3-5,10H,6-9,18H2,1-2H3,(H,20,21). The Morgan fingerprint density at radius 3 is 2.70 bits per heavy atom. The fourth-order valence-corrected chi connectivity index (χ4v) is 2.54. The van der Waals surface area contributed by atoms with Gasteiger partial charge in [0.2, 0.25) is 11.8 Å². The number of hydrogen-bond acceptors (Lipinski definition) is 5. The minimum absolute atomic E-state index is 0.183. The average Bonchev–Trinajstić information content (AvgIpc) is 2.88. The maximum Gasteiger partial charge on any atom is 0.244 e. The van der Waals surface area contributed by atoms with E-state index in [1.807, 2.05) is 38.1 Å². The quantitative estimate of drug-likeness (QED) is 0.907. The maximum atomic E-state index is 12.5.